The summed E-state index contributed by atoms with van der Waals surface area (Å²) in [6.45, 7) is 1.57. The van der Waals surface area contributed by atoms with Gasteiger partial charge >= 0.3 is 5.97 Å². The van der Waals surface area contributed by atoms with Crippen molar-refractivity contribution in [3.05, 3.63) is 29.3 Å². The Labute approximate surface area is 68.3 Å². The summed E-state index contributed by atoms with van der Waals surface area (Å²) >= 11 is 0. The number of carboxylic acid groups (broad SMARTS) is 1. The van der Waals surface area contributed by atoms with Crippen molar-refractivity contribution in [3.63, 3.8) is 0 Å². The van der Waals surface area contributed by atoms with Crippen LogP contribution >= 0.6 is 0 Å². The number of hydrogen-bond donors (Lipinski definition) is 1. The van der Waals surface area contributed by atoms with Gasteiger partial charge in [-0.25, -0.2) is 4.79 Å². The van der Waals surface area contributed by atoms with Crippen LogP contribution in [0.15, 0.2) is 18.2 Å². The molecule has 0 aliphatic carbocycles. The molecular formula is C8H7FO3. The number of carbonyl (C=O) groups is 1. The third-order valence-electron chi connectivity index (χ3n) is 1.52. The predicted molar refractivity (Wildman–Crippen MR) is 39.9 cm³/mol. The van der Waals surface area contributed by atoms with Crippen molar-refractivity contribution in [1.29, 1.82) is 0 Å². The Morgan fingerprint density at radius 3 is 2.67 bits per heavy atom. The standard InChI is InChI=1S/C8H7FO3/c1-5-3-2-4-6(8(10)11)7(5)12-9/h2-4H,1H3,(H,10,11). The van der Waals surface area contributed by atoms with E-state index in [1.54, 1.807) is 13.0 Å². The van der Waals surface area contributed by atoms with E-state index in [0.717, 1.165) is 0 Å². The molecule has 3 nitrogen and oxygen atoms in total. The number of aromatic carboxylic acids is 1. The van der Waals surface area contributed by atoms with Crippen LogP contribution in [0.5, 0.6) is 5.75 Å². The molecule has 0 saturated heterocycles. The van der Waals surface area contributed by atoms with Gasteiger partial charge in [0.05, 0.1) is 0 Å². The number of para-hydroxylation sites is 1. The number of halogens is 1. The van der Waals surface area contributed by atoms with Crippen molar-refractivity contribution in [3.8, 4) is 5.75 Å². The average molecular weight is 170 g/mol. The number of aryl methyl sites for hydroxylation is 1. The molecule has 0 aliphatic rings. The topological polar surface area (TPSA) is 46.5 Å². The van der Waals surface area contributed by atoms with Crippen molar-refractivity contribution in [1.82, 2.24) is 0 Å². The van der Waals surface area contributed by atoms with Crippen LogP contribution < -0.4 is 4.94 Å². The lowest BCUT2D eigenvalue weighted by molar-refractivity contribution is -0.00862. The van der Waals surface area contributed by atoms with E-state index >= 15 is 0 Å². The van der Waals surface area contributed by atoms with Gasteiger partial charge in [0.1, 0.15) is 5.56 Å². The van der Waals surface area contributed by atoms with Crippen LogP contribution in [0.25, 0.3) is 0 Å². The first-order valence-corrected chi connectivity index (χ1v) is 3.28. The smallest absolute Gasteiger partial charge is 0.339 e. The van der Waals surface area contributed by atoms with Crippen molar-refractivity contribution < 1.29 is 19.4 Å². The van der Waals surface area contributed by atoms with Gasteiger partial charge in [0, 0.05) is 4.53 Å². The van der Waals surface area contributed by atoms with Gasteiger partial charge in [0.2, 0.25) is 0 Å². The van der Waals surface area contributed by atoms with E-state index in [9.17, 15) is 9.32 Å². The SMILES string of the molecule is Cc1cccc(C(=O)O)c1OF. The third kappa shape index (κ3) is 1.37. The Morgan fingerprint density at radius 1 is 1.58 bits per heavy atom. The maximum Gasteiger partial charge on any atom is 0.339 e. The van der Waals surface area contributed by atoms with Crippen LogP contribution in [-0.4, -0.2) is 11.1 Å². The number of rotatable bonds is 2. The maximum absolute atomic E-state index is 11.8. The molecule has 0 aromatic heterocycles. The van der Waals surface area contributed by atoms with E-state index in [4.69, 9.17) is 5.11 Å². The summed E-state index contributed by atoms with van der Waals surface area (Å²) in [5.41, 5.74) is 0.287. The Kier molecular flexibility index (Phi) is 2.28. The molecule has 0 amide bonds. The summed E-state index contributed by atoms with van der Waals surface area (Å²) in [6, 6.07) is 4.38. The molecule has 1 N–H and O–H groups in total. The molecule has 1 rings (SSSR count). The second-order valence-corrected chi connectivity index (χ2v) is 2.33. The summed E-state index contributed by atoms with van der Waals surface area (Å²) in [6.07, 6.45) is 0. The lowest BCUT2D eigenvalue weighted by Crippen LogP contribution is -1.99. The second kappa shape index (κ2) is 3.21. The average Bonchev–Trinajstić information content (AvgIpc) is 2.03. The van der Waals surface area contributed by atoms with E-state index in [1.165, 1.54) is 12.1 Å². The van der Waals surface area contributed by atoms with Gasteiger partial charge in [-0.15, -0.1) is 0 Å². The minimum Gasteiger partial charge on any atom is -0.478 e. The highest BCUT2D eigenvalue weighted by Crippen LogP contribution is 2.23. The molecule has 1 aromatic rings. The van der Waals surface area contributed by atoms with Crippen LogP contribution in [0.2, 0.25) is 0 Å². The van der Waals surface area contributed by atoms with Gasteiger partial charge in [-0.3, -0.25) is 4.94 Å². The predicted octanol–water partition coefficient (Wildman–Crippen LogP) is 1.96. The molecule has 0 saturated carbocycles. The zero-order valence-electron chi connectivity index (χ0n) is 6.37. The highest BCUT2D eigenvalue weighted by Gasteiger charge is 2.13. The zero-order valence-corrected chi connectivity index (χ0v) is 6.37. The summed E-state index contributed by atoms with van der Waals surface area (Å²) in [5.74, 6) is -1.43. The fraction of sp³-hybridized carbons (Fsp3) is 0.125. The molecule has 1 aromatic carbocycles. The molecule has 0 heterocycles. The first kappa shape index (κ1) is 8.52. The van der Waals surface area contributed by atoms with Crippen molar-refractivity contribution >= 4 is 5.97 Å². The zero-order chi connectivity index (χ0) is 9.14. The molecular weight excluding hydrogens is 163 g/mol. The molecule has 12 heavy (non-hydrogen) atoms. The highest BCUT2D eigenvalue weighted by molar-refractivity contribution is 5.91. The molecule has 0 radical (unpaired) electrons. The largest absolute Gasteiger partial charge is 0.478 e. The van der Waals surface area contributed by atoms with Gasteiger partial charge in [-0.05, 0) is 18.6 Å². The van der Waals surface area contributed by atoms with Crippen LogP contribution in [0.3, 0.4) is 0 Å². The quantitative estimate of drug-likeness (QED) is 0.737. The minimum atomic E-state index is -1.20. The minimum absolute atomic E-state index is 0.169. The van der Waals surface area contributed by atoms with Gasteiger partial charge in [0.15, 0.2) is 5.75 Å². The summed E-state index contributed by atoms with van der Waals surface area (Å²) in [7, 11) is 0. The second-order valence-electron chi connectivity index (χ2n) is 2.33. The lowest BCUT2D eigenvalue weighted by atomic mass is 10.1. The third-order valence-corrected chi connectivity index (χ3v) is 1.52. The molecule has 0 fully saturated rings. The van der Waals surface area contributed by atoms with E-state index in [-0.39, 0.29) is 11.3 Å². The van der Waals surface area contributed by atoms with Crippen molar-refractivity contribution in [2.24, 2.45) is 0 Å². The Hall–Kier alpha value is -1.58. The van der Waals surface area contributed by atoms with Crippen LogP contribution in [0.4, 0.5) is 4.53 Å². The molecule has 0 aliphatic heterocycles. The molecule has 0 bridgehead atoms. The monoisotopic (exact) mass is 170 g/mol. The fourth-order valence-electron chi connectivity index (χ4n) is 0.923. The first-order chi connectivity index (χ1) is 5.66. The summed E-state index contributed by atoms with van der Waals surface area (Å²) in [5, 5.41) is 8.57. The molecule has 0 spiro atoms. The number of hydrogen-bond acceptors (Lipinski definition) is 2. The van der Waals surface area contributed by atoms with Crippen LogP contribution in [-0.2, 0) is 0 Å². The van der Waals surface area contributed by atoms with Gasteiger partial charge < -0.3 is 5.11 Å². The number of benzene rings is 1. The van der Waals surface area contributed by atoms with Crippen molar-refractivity contribution in [2.45, 2.75) is 6.92 Å². The maximum atomic E-state index is 11.8. The Balaban J connectivity index is 3.27. The Bertz CT molecular complexity index is 309. The normalized spacial score (nSPS) is 9.50. The van der Waals surface area contributed by atoms with E-state index < -0.39 is 5.97 Å². The van der Waals surface area contributed by atoms with E-state index in [0.29, 0.717) is 5.56 Å². The summed E-state index contributed by atoms with van der Waals surface area (Å²) < 4.78 is 11.8. The summed E-state index contributed by atoms with van der Waals surface area (Å²) in [4.78, 5) is 13.9. The van der Waals surface area contributed by atoms with E-state index in [1.807, 2.05) is 0 Å². The van der Waals surface area contributed by atoms with Gasteiger partial charge in [-0.1, -0.05) is 12.1 Å². The molecule has 0 unspecified atom stereocenters. The number of carboxylic acids is 1. The highest BCUT2D eigenvalue weighted by atomic mass is 19.3. The molecule has 0 atom stereocenters. The van der Waals surface area contributed by atoms with Gasteiger partial charge in [-0.2, -0.15) is 0 Å². The lowest BCUT2D eigenvalue weighted by Gasteiger charge is -2.02. The van der Waals surface area contributed by atoms with E-state index in [2.05, 4.69) is 4.94 Å². The fourth-order valence-corrected chi connectivity index (χ4v) is 0.923. The van der Waals surface area contributed by atoms with Crippen LogP contribution in [0.1, 0.15) is 15.9 Å². The molecule has 64 valence electrons. The van der Waals surface area contributed by atoms with Crippen LogP contribution in [0, 0.1) is 6.92 Å². The van der Waals surface area contributed by atoms with Gasteiger partial charge in [0.25, 0.3) is 0 Å². The molecule has 4 heteroatoms. The first-order valence-electron chi connectivity index (χ1n) is 3.28. The Morgan fingerprint density at radius 2 is 2.25 bits per heavy atom. The van der Waals surface area contributed by atoms with Crippen molar-refractivity contribution in [2.75, 3.05) is 0 Å².